The summed E-state index contributed by atoms with van der Waals surface area (Å²) < 4.78 is 5.01. The average Bonchev–Trinajstić information content (AvgIpc) is 2.64. The number of allylic oxidation sites excluding steroid dienone is 2. The van der Waals surface area contributed by atoms with Crippen LogP contribution in [-0.4, -0.2) is 26.3 Å². The Labute approximate surface area is 74.8 Å². The van der Waals surface area contributed by atoms with Crippen molar-refractivity contribution in [1.82, 2.24) is 11.5 Å². The fraction of sp³-hybridized carbons (Fsp3) is 0.778. The van der Waals surface area contributed by atoms with Crippen LogP contribution in [0.5, 0.6) is 0 Å². The standard InChI is InChI=1S/C5H8.C4H9NO.H3N/c1-2-4-5-3-1;1-3-6-4-2-5-1;/h1-2H,3-5H2;5H,1-4H2;1H3. The van der Waals surface area contributed by atoms with Crippen LogP contribution in [-0.2, 0) is 4.74 Å². The van der Waals surface area contributed by atoms with Crippen molar-refractivity contribution in [3.05, 3.63) is 12.2 Å². The molecule has 1 fully saturated rings. The van der Waals surface area contributed by atoms with Gasteiger partial charge in [0.25, 0.3) is 0 Å². The quantitative estimate of drug-likeness (QED) is 0.544. The third kappa shape index (κ3) is 6.34. The first-order chi connectivity index (χ1) is 5.50. The molecule has 0 aromatic carbocycles. The van der Waals surface area contributed by atoms with Gasteiger partial charge in [-0.2, -0.15) is 0 Å². The molecule has 0 bridgehead atoms. The number of nitrogens with one attached hydrogen (secondary N) is 1. The van der Waals surface area contributed by atoms with Crippen LogP contribution in [0.15, 0.2) is 12.2 Å². The maximum Gasteiger partial charge on any atom is 0.0591 e. The summed E-state index contributed by atoms with van der Waals surface area (Å²) in [6.07, 6.45) is 8.50. The smallest absolute Gasteiger partial charge is 0.0591 e. The van der Waals surface area contributed by atoms with Crippen LogP contribution in [0.2, 0.25) is 0 Å². The van der Waals surface area contributed by atoms with Gasteiger partial charge in [0, 0.05) is 13.1 Å². The zero-order valence-corrected chi connectivity index (χ0v) is 7.72. The molecule has 0 radical (unpaired) electrons. The first-order valence-corrected chi connectivity index (χ1v) is 4.43. The van der Waals surface area contributed by atoms with E-state index in [9.17, 15) is 0 Å². The topological polar surface area (TPSA) is 56.3 Å². The third-order valence-corrected chi connectivity index (χ3v) is 1.75. The average molecular weight is 172 g/mol. The molecule has 0 spiro atoms. The second-order valence-corrected chi connectivity index (χ2v) is 2.76. The predicted molar refractivity (Wildman–Crippen MR) is 51.7 cm³/mol. The van der Waals surface area contributed by atoms with Crippen LogP contribution in [0.1, 0.15) is 19.3 Å². The van der Waals surface area contributed by atoms with Gasteiger partial charge in [0.2, 0.25) is 0 Å². The number of rotatable bonds is 0. The van der Waals surface area contributed by atoms with Crippen molar-refractivity contribution < 1.29 is 4.74 Å². The predicted octanol–water partition coefficient (Wildman–Crippen LogP) is 1.49. The van der Waals surface area contributed by atoms with Crippen molar-refractivity contribution >= 4 is 0 Å². The largest absolute Gasteiger partial charge is 0.379 e. The summed E-state index contributed by atoms with van der Waals surface area (Å²) in [7, 11) is 0. The first-order valence-electron chi connectivity index (χ1n) is 4.43. The molecule has 0 atom stereocenters. The summed E-state index contributed by atoms with van der Waals surface area (Å²) in [5.41, 5.74) is 0. The van der Waals surface area contributed by atoms with Gasteiger partial charge < -0.3 is 16.2 Å². The van der Waals surface area contributed by atoms with Gasteiger partial charge >= 0.3 is 0 Å². The normalized spacial score (nSPS) is 20.7. The lowest BCUT2D eigenvalue weighted by Gasteiger charge is -2.10. The lowest BCUT2D eigenvalue weighted by molar-refractivity contribution is 0.109. The van der Waals surface area contributed by atoms with E-state index in [0.717, 1.165) is 26.3 Å². The summed E-state index contributed by atoms with van der Waals surface area (Å²) in [6.45, 7) is 3.83. The van der Waals surface area contributed by atoms with E-state index in [0.29, 0.717) is 0 Å². The van der Waals surface area contributed by atoms with Gasteiger partial charge in [0.15, 0.2) is 0 Å². The van der Waals surface area contributed by atoms with E-state index in [2.05, 4.69) is 17.5 Å². The summed E-state index contributed by atoms with van der Waals surface area (Å²) in [5.74, 6) is 0. The highest BCUT2D eigenvalue weighted by molar-refractivity contribution is 4.88. The van der Waals surface area contributed by atoms with Gasteiger partial charge in [-0.25, -0.2) is 0 Å². The molecule has 4 N–H and O–H groups in total. The molecule has 1 aliphatic heterocycles. The second kappa shape index (κ2) is 8.71. The minimum Gasteiger partial charge on any atom is -0.379 e. The highest BCUT2D eigenvalue weighted by atomic mass is 16.5. The Kier molecular flexibility index (Phi) is 8.44. The Morgan fingerprint density at radius 1 is 1.00 bits per heavy atom. The molecule has 0 aromatic rings. The van der Waals surface area contributed by atoms with Crippen molar-refractivity contribution in [3.8, 4) is 0 Å². The molecule has 72 valence electrons. The minimum absolute atomic E-state index is 0. The van der Waals surface area contributed by atoms with E-state index >= 15 is 0 Å². The summed E-state index contributed by atoms with van der Waals surface area (Å²) >= 11 is 0. The van der Waals surface area contributed by atoms with E-state index in [4.69, 9.17) is 4.74 Å². The van der Waals surface area contributed by atoms with E-state index in [1.807, 2.05) is 0 Å². The zero-order chi connectivity index (χ0) is 7.78. The molecule has 3 nitrogen and oxygen atoms in total. The van der Waals surface area contributed by atoms with Crippen LogP contribution >= 0.6 is 0 Å². The molecular formula is C9H20N2O. The number of morpholine rings is 1. The number of ether oxygens (including phenoxy) is 1. The Bertz CT molecular complexity index is 93.6. The van der Waals surface area contributed by atoms with Gasteiger partial charge in [-0.1, -0.05) is 12.2 Å². The molecule has 0 amide bonds. The Morgan fingerprint density at radius 3 is 1.75 bits per heavy atom. The molecule has 0 aromatic heterocycles. The van der Waals surface area contributed by atoms with Crippen molar-refractivity contribution in [1.29, 1.82) is 0 Å². The maximum atomic E-state index is 5.01. The maximum absolute atomic E-state index is 5.01. The van der Waals surface area contributed by atoms with Gasteiger partial charge in [-0.15, -0.1) is 0 Å². The van der Waals surface area contributed by atoms with Crippen molar-refractivity contribution in [2.75, 3.05) is 26.3 Å². The third-order valence-electron chi connectivity index (χ3n) is 1.75. The van der Waals surface area contributed by atoms with Gasteiger partial charge in [-0.05, 0) is 19.3 Å². The van der Waals surface area contributed by atoms with Crippen LogP contribution < -0.4 is 11.5 Å². The molecule has 3 heteroatoms. The SMILES string of the molecule is C1=CCCC1.C1COCCN1.N. The Balaban J connectivity index is 0.000000189. The fourth-order valence-electron chi connectivity index (χ4n) is 1.10. The van der Waals surface area contributed by atoms with Crippen LogP contribution in [0.25, 0.3) is 0 Å². The minimum atomic E-state index is 0. The summed E-state index contributed by atoms with van der Waals surface area (Å²) in [4.78, 5) is 0. The van der Waals surface area contributed by atoms with Crippen molar-refractivity contribution in [2.24, 2.45) is 0 Å². The molecule has 12 heavy (non-hydrogen) atoms. The van der Waals surface area contributed by atoms with Gasteiger partial charge in [-0.3, -0.25) is 0 Å². The van der Waals surface area contributed by atoms with Crippen LogP contribution in [0.4, 0.5) is 0 Å². The van der Waals surface area contributed by atoms with Crippen LogP contribution in [0, 0.1) is 0 Å². The monoisotopic (exact) mass is 172 g/mol. The lowest BCUT2D eigenvalue weighted by Crippen LogP contribution is -2.30. The number of hydrogen-bond donors (Lipinski definition) is 2. The first kappa shape index (κ1) is 11.6. The van der Waals surface area contributed by atoms with E-state index < -0.39 is 0 Å². The fourth-order valence-corrected chi connectivity index (χ4v) is 1.10. The lowest BCUT2D eigenvalue weighted by atomic mass is 10.4. The molecule has 0 unspecified atom stereocenters. The van der Waals surface area contributed by atoms with E-state index in [-0.39, 0.29) is 6.15 Å². The zero-order valence-electron chi connectivity index (χ0n) is 7.72. The van der Waals surface area contributed by atoms with E-state index in [1.54, 1.807) is 0 Å². The molecule has 2 rings (SSSR count). The summed E-state index contributed by atoms with van der Waals surface area (Å²) in [6, 6.07) is 0. The van der Waals surface area contributed by atoms with Crippen LogP contribution in [0.3, 0.4) is 0 Å². The molecule has 2 aliphatic rings. The van der Waals surface area contributed by atoms with Crippen molar-refractivity contribution in [3.63, 3.8) is 0 Å². The van der Waals surface area contributed by atoms with Gasteiger partial charge in [0.05, 0.1) is 13.2 Å². The van der Waals surface area contributed by atoms with E-state index in [1.165, 1.54) is 19.3 Å². The Morgan fingerprint density at radius 2 is 1.58 bits per heavy atom. The van der Waals surface area contributed by atoms with Gasteiger partial charge in [0.1, 0.15) is 0 Å². The highest BCUT2D eigenvalue weighted by Crippen LogP contribution is 2.05. The number of hydrogen-bond acceptors (Lipinski definition) is 3. The van der Waals surface area contributed by atoms with Crippen molar-refractivity contribution in [2.45, 2.75) is 19.3 Å². The summed E-state index contributed by atoms with van der Waals surface area (Å²) in [5, 5.41) is 3.16. The molecular weight excluding hydrogens is 152 g/mol. The Hall–Kier alpha value is -0.380. The molecule has 1 saturated heterocycles. The molecule has 0 saturated carbocycles. The molecule has 1 heterocycles. The molecule has 1 aliphatic carbocycles. The second-order valence-electron chi connectivity index (χ2n) is 2.76. The highest BCUT2D eigenvalue weighted by Gasteiger charge is 1.92.